The van der Waals surface area contributed by atoms with Crippen LogP contribution in [0.5, 0.6) is 0 Å². The average molecular weight is 272 g/mol. The SMILES string of the molecule is CC(C(=O)NCCC(N)c1ccccc1)n1cccn1. The van der Waals surface area contributed by atoms with Gasteiger partial charge in [0.1, 0.15) is 6.04 Å². The van der Waals surface area contributed by atoms with Crippen LogP contribution in [0.4, 0.5) is 0 Å². The number of nitrogens with zero attached hydrogens (tertiary/aromatic N) is 2. The van der Waals surface area contributed by atoms with Gasteiger partial charge in [-0.05, 0) is 25.0 Å². The highest BCUT2D eigenvalue weighted by Gasteiger charge is 2.14. The highest BCUT2D eigenvalue weighted by molar-refractivity contribution is 5.79. The molecular weight excluding hydrogens is 252 g/mol. The van der Waals surface area contributed by atoms with Crippen molar-refractivity contribution in [1.82, 2.24) is 15.1 Å². The Morgan fingerprint density at radius 3 is 2.75 bits per heavy atom. The van der Waals surface area contributed by atoms with Gasteiger partial charge < -0.3 is 11.1 Å². The number of hydrogen-bond acceptors (Lipinski definition) is 3. The summed E-state index contributed by atoms with van der Waals surface area (Å²) in [6, 6.07) is 11.3. The van der Waals surface area contributed by atoms with Crippen molar-refractivity contribution in [1.29, 1.82) is 0 Å². The van der Waals surface area contributed by atoms with Gasteiger partial charge in [-0.15, -0.1) is 0 Å². The summed E-state index contributed by atoms with van der Waals surface area (Å²) in [6.45, 7) is 2.37. The van der Waals surface area contributed by atoms with Crippen LogP contribution in [0.3, 0.4) is 0 Å². The molecule has 5 nitrogen and oxygen atoms in total. The molecule has 1 aromatic carbocycles. The fourth-order valence-corrected chi connectivity index (χ4v) is 2.00. The van der Waals surface area contributed by atoms with E-state index in [2.05, 4.69) is 10.4 Å². The maximum atomic E-state index is 11.9. The Morgan fingerprint density at radius 2 is 2.10 bits per heavy atom. The van der Waals surface area contributed by atoms with Crippen LogP contribution in [0.15, 0.2) is 48.8 Å². The summed E-state index contributed by atoms with van der Waals surface area (Å²) < 4.78 is 1.63. The molecule has 2 atom stereocenters. The first-order chi connectivity index (χ1) is 9.68. The van der Waals surface area contributed by atoms with Crippen molar-refractivity contribution in [2.45, 2.75) is 25.4 Å². The van der Waals surface area contributed by atoms with Crippen LogP contribution in [0.1, 0.15) is 31.0 Å². The van der Waals surface area contributed by atoms with E-state index in [9.17, 15) is 4.79 Å². The Balaban J connectivity index is 1.77. The van der Waals surface area contributed by atoms with Crippen LogP contribution < -0.4 is 11.1 Å². The molecule has 0 fully saturated rings. The Bertz CT molecular complexity index is 524. The van der Waals surface area contributed by atoms with Crippen LogP contribution in [0.25, 0.3) is 0 Å². The van der Waals surface area contributed by atoms with Gasteiger partial charge >= 0.3 is 0 Å². The number of hydrogen-bond donors (Lipinski definition) is 2. The lowest BCUT2D eigenvalue weighted by atomic mass is 10.1. The third kappa shape index (κ3) is 3.68. The zero-order valence-electron chi connectivity index (χ0n) is 11.6. The van der Waals surface area contributed by atoms with Crippen LogP contribution in [-0.2, 0) is 4.79 Å². The molecule has 20 heavy (non-hydrogen) atoms. The van der Waals surface area contributed by atoms with E-state index in [-0.39, 0.29) is 18.0 Å². The van der Waals surface area contributed by atoms with Crippen molar-refractivity contribution in [3.63, 3.8) is 0 Å². The number of benzene rings is 1. The van der Waals surface area contributed by atoms with Gasteiger partial charge in [-0.25, -0.2) is 0 Å². The summed E-state index contributed by atoms with van der Waals surface area (Å²) >= 11 is 0. The zero-order valence-corrected chi connectivity index (χ0v) is 11.6. The van der Waals surface area contributed by atoms with E-state index in [1.54, 1.807) is 23.1 Å². The first kappa shape index (κ1) is 14.3. The molecule has 2 unspecified atom stereocenters. The molecule has 2 rings (SSSR count). The molecule has 0 aliphatic heterocycles. The molecule has 0 saturated heterocycles. The lowest BCUT2D eigenvalue weighted by Crippen LogP contribution is -2.33. The Kier molecular flexibility index (Phi) is 4.90. The minimum Gasteiger partial charge on any atom is -0.354 e. The summed E-state index contributed by atoms with van der Waals surface area (Å²) in [4.78, 5) is 11.9. The molecule has 5 heteroatoms. The third-order valence-corrected chi connectivity index (χ3v) is 3.28. The topological polar surface area (TPSA) is 72.9 Å². The second-order valence-corrected chi connectivity index (χ2v) is 4.76. The maximum absolute atomic E-state index is 11.9. The maximum Gasteiger partial charge on any atom is 0.244 e. The fraction of sp³-hybridized carbons (Fsp3) is 0.333. The van der Waals surface area contributed by atoms with Crippen molar-refractivity contribution in [3.8, 4) is 0 Å². The lowest BCUT2D eigenvalue weighted by molar-refractivity contribution is -0.124. The molecule has 0 radical (unpaired) electrons. The van der Waals surface area contributed by atoms with Gasteiger partial charge in [0.05, 0.1) is 0 Å². The van der Waals surface area contributed by atoms with E-state index in [1.807, 2.05) is 37.3 Å². The highest BCUT2D eigenvalue weighted by atomic mass is 16.2. The predicted octanol–water partition coefficient (Wildman–Crippen LogP) is 1.65. The van der Waals surface area contributed by atoms with Crippen molar-refractivity contribution >= 4 is 5.91 Å². The van der Waals surface area contributed by atoms with Gasteiger partial charge in [0.25, 0.3) is 0 Å². The molecule has 3 N–H and O–H groups in total. The fourth-order valence-electron chi connectivity index (χ4n) is 2.00. The van der Waals surface area contributed by atoms with E-state index >= 15 is 0 Å². The number of carbonyl (C=O) groups excluding carboxylic acids is 1. The van der Waals surface area contributed by atoms with Crippen LogP contribution in [-0.4, -0.2) is 22.2 Å². The average Bonchev–Trinajstić information content (AvgIpc) is 3.01. The van der Waals surface area contributed by atoms with Crippen LogP contribution in [0.2, 0.25) is 0 Å². The number of aromatic nitrogens is 2. The molecule has 106 valence electrons. The normalized spacial score (nSPS) is 13.7. The largest absolute Gasteiger partial charge is 0.354 e. The molecular formula is C15H20N4O. The zero-order chi connectivity index (χ0) is 14.4. The quantitative estimate of drug-likeness (QED) is 0.839. The number of amides is 1. The van der Waals surface area contributed by atoms with Gasteiger partial charge in [0, 0.05) is 25.0 Å². The van der Waals surface area contributed by atoms with Crippen molar-refractivity contribution in [3.05, 3.63) is 54.4 Å². The van der Waals surface area contributed by atoms with Crippen molar-refractivity contribution < 1.29 is 4.79 Å². The number of rotatable bonds is 6. The highest BCUT2D eigenvalue weighted by Crippen LogP contribution is 2.12. The van der Waals surface area contributed by atoms with Gasteiger partial charge in [-0.1, -0.05) is 30.3 Å². The molecule has 0 aliphatic rings. The molecule has 2 aromatic rings. The van der Waals surface area contributed by atoms with E-state index in [1.165, 1.54) is 0 Å². The first-order valence-electron chi connectivity index (χ1n) is 6.76. The minimum absolute atomic E-state index is 0.0473. The summed E-state index contributed by atoms with van der Waals surface area (Å²) in [6.07, 6.45) is 4.15. The first-order valence-corrected chi connectivity index (χ1v) is 6.76. The second kappa shape index (κ2) is 6.86. The Hall–Kier alpha value is -2.14. The number of nitrogens with two attached hydrogens (primary N) is 1. The standard InChI is InChI=1S/C15H20N4O/c1-12(19-11-5-9-18-19)15(20)17-10-8-14(16)13-6-3-2-4-7-13/h2-7,9,11-12,14H,8,10,16H2,1H3,(H,17,20). The second-order valence-electron chi connectivity index (χ2n) is 4.76. The van der Waals surface area contributed by atoms with Gasteiger partial charge in [0.15, 0.2) is 0 Å². The van der Waals surface area contributed by atoms with E-state index in [0.29, 0.717) is 13.0 Å². The van der Waals surface area contributed by atoms with Crippen molar-refractivity contribution in [2.75, 3.05) is 6.54 Å². The van der Waals surface area contributed by atoms with Gasteiger partial charge in [0.2, 0.25) is 5.91 Å². The van der Waals surface area contributed by atoms with Crippen LogP contribution >= 0.6 is 0 Å². The molecule has 0 spiro atoms. The molecule has 0 aliphatic carbocycles. The molecule has 1 aromatic heterocycles. The van der Waals surface area contributed by atoms with Crippen LogP contribution in [0, 0.1) is 0 Å². The molecule has 0 bridgehead atoms. The summed E-state index contributed by atoms with van der Waals surface area (Å²) in [7, 11) is 0. The monoisotopic (exact) mass is 272 g/mol. The Morgan fingerprint density at radius 1 is 1.35 bits per heavy atom. The molecule has 1 heterocycles. The summed E-state index contributed by atoms with van der Waals surface area (Å²) in [5, 5.41) is 6.95. The smallest absolute Gasteiger partial charge is 0.244 e. The lowest BCUT2D eigenvalue weighted by Gasteiger charge is -2.15. The summed E-state index contributed by atoms with van der Waals surface area (Å²) in [5.74, 6) is -0.0473. The van der Waals surface area contributed by atoms with Gasteiger partial charge in [-0.3, -0.25) is 9.48 Å². The molecule has 0 saturated carbocycles. The number of carbonyl (C=O) groups is 1. The van der Waals surface area contributed by atoms with E-state index in [0.717, 1.165) is 5.56 Å². The Labute approximate surface area is 118 Å². The van der Waals surface area contributed by atoms with Gasteiger partial charge in [-0.2, -0.15) is 5.10 Å². The summed E-state index contributed by atoms with van der Waals surface area (Å²) in [5.41, 5.74) is 7.17. The predicted molar refractivity (Wildman–Crippen MR) is 77.9 cm³/mol. The van der Waals surface area contributed by atoms with E-state index < -0.39 is 0 Å². The van der Waals surface area contributed by atoms with E-state index in [4.69, 9.17) is 5.73 Å². The molecule has 1 amide bonds. The van der Waals surface area contributed by atoms with Crippen molar-refractivity contribution in [2.24, 2.45) is 5.73 Å². The number of nitrogens with one attached hydrogen (secondary N) is 1. The third-order valence-electron chi connectivity index (χ3n) is 3.28. The minimum atomic E-state index is -0.307.